The van der Waals surface area contributed by atoms with Crippen LogP contribution in [0.25, 0.3) is 0 Å². The molecule has 2 fully saturated rings. The van der Waals surface area contributed by atoms with Gasteiger partial charge in [0.25, 0.3) is 0 Å². The summed E-state index contributed by atoms with van der Waals surface area (Å²) in [5, 5.41) is 19.8. The topological polar surface area (TPSA) is 47.3 Å². The molecule has 0 radical (unpaired) electrons. The van der Waals surface area contributed by atoms with Crippen LogP contribution in [0, 0.1) is 17.2 Å². The average Bonchev–Trinajstić information content (AvgIpc) is 2.60. The van der Waals surface area contributed by atoms with Gasteiger partial charge in [-0.15, -0.1) is 0 Å². The Labute approximate surface area is 91.7 Å². The lowest BCUT2D eigenvalue weighted by atomic mass is 9.78. The Balaban J connectivity index is 2.18. The SMILES string of the molecule is CCC(C#N)C1(O)CCN2CCCCC21. The van der Waals surface area contributed by atoms with E-state index in [1.165, 1.54) is 12.8 Å². The largest absolute Gasteiger partial charge is 0.387 e. The maximum absolute atomic E-state index is 10.7. The molecular formula is C12H20N2O. The summed E-state index contributed by atoms with van der Waals surface area (Å²) >= 11 is 0. The highest BCUT2D eigenvalue weighted by Gasteiger charge is 2.50. The Kier molecular flexibility index (Phi) is 2.99. The standard InChI is InChI=1S/C12H20N2O/c1-2-10(9-13)12(15)6-8-14-7-4-3-5-11(12)14/h10-11,15H,2-8H2,1H3. The number of aliphatic hydroxyl groups is 1. The Hall–Kier alpha value is -0.590. The molecule has 2 aliphatic heterocycles. The number of nitriles is 1. The first-order valence-corrected chi connectivity index (χ1v) is 6.08. The zero-order chi connectivity index (χ0) is 10.9. The van der Waals surface area contributed by atoms with Crippen LogP contribution >= 0.6 is 0 Å². The monoisotopic (exact) mass is 208 g/mol. The quantitative estimate of drug-likeness (QED) is 0.748. The third kappa shape index (κ3) is 1.66. The Morgan fingerprint density at radius 2 is 2.33 bits per heavy atom. The minimum absolute atomic E-state index is 0.189. The fraction of sp³-hybridized carbons (Fsp3) is 0.917. The molecule has 0 amide bonds. The van der Waals surface area contributed by atoms with Gasteiger partial charge >= 0.3 is 0 Å². The molecular weight excluding hydrogens is 188 g/mol. The van der Waals surface area contributed by atoms with Gasteiger partial charge in [0.2, 0.25) is 0 Å². The van der Waals surface area contributed by atoms with Crippen molar-refractivity contribution in [1.29, 1.82) is 5.26 Å². The second-order valence-electron chi connectivity index (χ2n) is 4.88. The molecule has 2 saturated heterocycles. The minimum Gasteiger partial charge on any atom is -0.387 e. The molecule has 0 saturated carbocycles. The lowest BCUT2D eigenvalue weighted by Gasteiger charge is -2.39. The Bertz CT molecular complexity index is 273. The fourth-order valence-electron chi connectivity index (χ4n) is 3.28. The number of piperidine rings is 1. The molecule has 0 spiro atoms. The molecule has 15 heavy (non-hydrogen) atoms. The van der Waals surface area contributed by atoms with E-state index < -0.39 is 5.60 Å². The molecule has 2 rings (SSSR count). The third-order valence-corrected chi connectivity index (χ3v) is 4.16. The summed E-state index contributed by atoms with van der Waals surface area (Å²) in [4.78, 5) is 2.38. The maximum atomic E-state index is 10.7. The number of hydrogen-bond acceptors (Lipinski definition) is 3. The van der Waals surface area contributed by atoms with Gasteiger partial charge < -0.3 is 5.11 Å². The predicted octanol–water partition coefficient (Wildman–Crippen LogP) is 1.53. The molecule has 0 aromatic carbocycles. The van der Waals surface area contributed by atoms with Crippen LogP contribution in [-0.4, -0.2) is 34.7 Å². The van der Waals surface area contributed by atoms with Crippen LogP contribution in [0.3, 0.4) is 0 Å². The zero-order valence-corrected chi connectivity index (χ0v) is 9.45. The molecule has 3 heteroatoms. The first kappa shape index (κ1) is 10.9. The van der Waals surface area contributed by atoms with E-state index in [4.69, 9.17) is 5.26 Å². The van der Waals surface area contributed by atoms with Gasteiger partial charge in [-0.05, 0) is 32.2 Å². The highest BCUT2D eigenvalue weighted by molar-refractivity contribution is 5.09. The smallest absolute Gasteiger partial charge is 0.0971 e. The first-order chi connectivity index (χ1) is 7.22. The normalized spacial score (nSPS) is 38.3. The van der Waals surface area contributed by atoms with E-state index in [1.54, 1.807) is 0 Å². The lowest BCUT2D eigenvalue weighted by molar-refractivity contribution is -0.0406. The van der Waals surface area contributed by atoms with E-state index in [9.17, 15) is 5.11 Å². The van der Waals surface area contributed by atoms with Gasteiger partial charge in [0.15, 0.2) is 0 Å². The fourth-order valence-corrected chi connectivity index (χ4v) is 3.28. The number of hydrogen-bond donors (Lipinski definition) is 1. The van der Waals surface area contributed by atoms with E-state index in [0.717, 1.165) is 32.4 Å². The number of nitrogens with zero attached hydrogens (tertiary/aromatic N) is 2. The molecule has 0 aliphatic carbocycles. The Morgan fingerprint density at radius 3 is 3.00 bits per heavy atom. The molecule has 3 atom stereocenters. The van der Waals surface area contributed by atoms with Gasteiger partial charge in [-0.2, -0.15) is 5.26 Å². The van der Waals surface area contributed by atoms with Gasteiger partial charge in [0.1, 0.15) is 0 Å². The van der Waals surface area contributed by atoms with E-state index in [2.05, 4.69) is 11.0 Å². The van der Waals surface area contributed by atoms with Crippen LogP contribution in [0.15, 0.2) is 0 Å². The van der Waals surface area contributed by atoms with Crippen molar-refractivity contribution in [1.82, 2.24) is 4.90 Å². The summed E-state index contributed by atoms with van der Waals surface area (Å²) in [6.45, 7) is 4.07. The third-order valence-electron chi connectivity index (χ3n) is 4.16. The van der Waals surface area contributed by atoms with Crippen molar-refractivity contribution in [2.24, 2.45) is 5.92 Å². The van der Waals surface area contributed by atoms with Crippen LogP contribution in [0.1, 0.15) is 39.0 Å². The van der Waals surface area contributed by atoms with Crippen molar-refractivity contribution in [3.05, 3.63) is 0 Å². The molecule has 2 aliphatic rings. The van der Waals surface area contributed by atoms with E-state index in [0.29, 0.717) is 0 Å². The number of fused-ring (bicyclic) bond motifs is 1. The summed E-state index contributed by atoms with van der Waals surface area (Å²) in [6, 6.07) is 2.54. The molecule has 84 valence electrons. The summed E-state index contributed by atoms with van der Waals surface area (Å²) < 4.78 is 0. The van der Waals surface area contributed by atoms with Crippen molar-refractivity contribution in [2.45, 2.75) is 50.7 Å². The molecule has 3 nitrogen and oxygen atoms in total. The van der Waals surface area contributed by atoms with Crippen LogP contribution < -0.4 is 0 Å². The number of rotatable bonds is 2. The summed E-state index contributed by atoms with van der Waals surface area (Å²) in [5.41, 5.74) is -0.732. The second kappa shape index (κ2) is 4.11. The average molecular weight is 208 g/mol. The van der Waals surface area contributed by atoms with E-state index in [-0.39, 0.29) is 12.0 Å². The molecule has 0 bridgehead atoms. The van der Waals surface area contributed by atoms with Crippen LogP contribution in [0.5, 0.6) is 0 Å². The summed E-state index contributed by atoms with van der Waals surface area (Å²) in [5.74, 6) is -0.189. The predicted molar refractivity (Wildman–Crippen MR) is 58.2 cm³/mol. The van der Waals surface area contributed by atoms with Crippen molar-refractivity contribution in [3.8, 4) is 6.07 Å². The second-order valence-corrected chi connectivity index (χ2v) is 4.88. The molecule has 1 N–H and O–H groups in total. The highest BCUT2D eigenvalue weighted by Crippen LogP contribution is 2.40. The van der Waals surface area contributed by atoms with Gasteiger partial charge in [0, 0.05) is 12.6 Å². The molecule has 3 unspecified atom stereocenters. The van der Waals surface area contributed by atoms with Crippen LogP contribution in [0.4, 0.5) is 0 Å². The maximum Gasteiger partial charge on any atom is 0.0971 e. The molecule has 2 heterocycles. The first-order valence-electron chi connectivity index (χ1n) is 6.08. The van der Waals surface area contributed by atoms with Crippen molar-refractivity contribution in [2.75, 3.05) is 13.1 Å². The minimum atomic E-state index is -0.732. The van der Waals surface area contributed by atoms with Crippen LogP contribution in [-0.2, 0) is 0 Å². The van der Waals surface area contributed by atoms with Gasteiger partial charge in [0.05, 0.1) is 17.6 Å². The van der Waals surface area contributed by atoms with Crippen molar-refractivity contribution >= 4 is 0 Å². The molecule has 0 aromatic rings. The lowest BCUT2D eigenvalue weighted by Crippen LogP contribution is -2.51. The van der Waals surface area contributed by atoms with Gasteiger partial charge in [-0.25, -0.2) is 0 Å². The zero-order valence-electron chi connectivity index (χ0n) is 9.45. The van der Waals surface area contributed by atoms with Gasteiger partial charge in [-0.1, -0.05) is 13.3 Å². The summed E-state index contributed by atoms with van der Waals surface area (Å²) in [7, 11) is 0. The molecule has 0 aromatic heterocycles. The van der Waals surface area contributed by atoms with E-state index in [1.807, 2.05) is 6.92 Å². The van der Waals surface area contributed by atoms with E-state index >= 15 is 0 Å². The van der Waals surface area contributed by atoms with Crippen molar-refractivity contribution in [3.63, 3.8) is 0 Å². The van der Waals surface area contributed by atoms with Gasteiger partial charge in [-0.3, -0.25) is 4.90 Å². The highest BCUT2D eigenvalue weighted by atomic mass is 16.3. The Morgan fingerprint density at radius 1 is 1.53 bits per heavy atom. The van der Waals surface area contributed by atoms with Crippen molar-refractivity contribution < 1.29 is 5.11 Å². The van der Waals surface area contributed by atoms with Crippen LogP contribution in [0.2, 0.25) is 0 Å². The summed E-state index contributed by atoms with van der Waals surface area (Å²) in [6.07, 6.45) is 5.05.